The molecule has 0 heterocycles. The molecule has 1 N–H and O–H groups in total. The molecule has 0 aromatic heterocycles. The monoisotopic (exact) mass is 261 g/mol. The van der Waals surface area contributed by atoms with Gasteiger partial charge in [0.1, 0.15) is 5.75 Å². The van der Waals surface area contributed by atoms with E-state index in [9.17, 15) is 0 Å². The van der Waals surface area contributed by atoms with Crippen LogP contribution in [-0.2, 0) is 6.42 Å². The van der Waals surface area contributed by atoms with Gasteiger partial charge in [0.25, 0.3) is 0 Å². The van der Waals surface area contributed by atoms with E-state index >= 15 is 0 Å². The van der Waals surface area contributed by atoms with Crippen LogP contribution in [0.15, 0.2) is 18.2 Å². The first kappa shape index (κ1) is 14.4. The van der Waals surface area contributed by atoms with Gasteiger partial charge in [-0.2, -0.15) is 0 Å². The largest absolute Gasteiger partial charge is 0.496 e. The van der Waals surface area contributed by atoms with E-state index in [2.05, 4.69) is 44.3 Å². The third-order valence-corrected chi connectivity index (χ3v) is 3.95. The molecule has 1 aromatic rings. The first-order chi connectivity index (χ1) is 9.00. The summed E-state index contributed by atoms with van der Waals surface area (Å²) in [6.45, 7) is 7.96. The smallest absolute Gasteiger partial charge is 0.122 e. The van der Waals surface area contributed by atoms with E-state index < -0.39 is 0 Å². The van der Waals surface area contributed by atoms with Gasteiger partial charge >= 0.3 is 0 Å². The summed E-state index contributed by atoms with van der Waals surface area (Å²) in [5.74, 6) is 1.02. The van der Waals surface area contributed by atoms with E-state index in [1.807, 2.05) is 0 Å². The summed E-state index contributed by atoms with van der Waals surface area (Å²) in [5.41, 5.74) is 2.99. The molecular formula is C17H27NO. The van der Waals surface area contributed by atoms with Crippen LogP contribution in [0, 0.1) is 12.3 Å². The summed E-state index contributed by atoms with van der Waals surface area (Å²) in [4.78, 5) is 0. The number of nitrogens with one attached hydrogen (secondary N) is 1. The zero-order valence-corrected chi connectivity index (χ0v) is 12.8. The van der Waals surface area contributed by atoms with Crippen LogP contribution in [0.2, 0.25) is 0 Å². The number of methoxy groups -OCH3 is 1. The quantitative estimate of drug-likeness (QED) is 0.808. The summed E-state index contributed by atoms with van der Waals surface area (Å²) in [5, 5.41) is 3.64. The van der Waals surface area contributed by atoms with E-state index in [0.29, 0.717) is 5.41 Å². The molecular weight excluding hydrogens is 234 g/mol. The summed E-state index contributed by atoms with van der Waals surface area (Å²) >= 11 is 0. The Bertz CT molecular complexity index is 421. The average molecular weight is 261 g/mol. The van der Waals surface area contributed by atoms with Gasteiger partial charge in [-0.3, -0.25) is 0 Å². The van der Waals surface area contributed by atoms with Crippen LogP contribution in [-0.4, -0.2) is 19.7 Å². The minimum absolute atomic E-state index is 0.345. The van der Waals surface area contributed by atoms with Gasteiger partial charge in [-0.15, -0.1) is 0 Å². The highest BCUT2D eigenvalue weighted by atomic mass is 16.5. The van der Waals surface area contributed by atoms with Crippen LogP contribution in [0.3, 0.4) is 0 Å². The Morgan fingerprint density at radius 1 is 1.32 bits per heavy atom. The predicted molar refractivity (Wildman–Crippen MR) is 80.9 cm³/mol. The minimum Gasteiger partial charge on any atom is -0.496 e. The van der Waals surface area contributed by atoms with E-state index in [0.717, 1.165) is 24.8 Å². The van der Waals surface area contributed by atoms with E-state index in [4.69, 9.17) is 4.74 Å². The normalized spacial score (nSPS) is 15.6. The number of hydrogen-bond acceptors (Lipinski definition) is 2. The van der Waals surface area contributed by atoms with Crippen molar-refractivity contribution in [2.24, 2.45) is 5.41 Å². The first-order valence-corrected chi connectivity index (χ1v) is 7.37. The van der Waals surface area contributed by atoms with Gasteiger partial charge in [-0.1, -0.05) is 31.5 Å². The standard InChI is InChI=1S/C17H27NO/c1-13-5-8-16(19-4)14(11-13)9-10-17(2,3)12-18-15-6-7-15/h5,8,11,15,18H,6-7,9-10,12H2,1-4H3. The molecule has 1 aliphatic carbocycles. The van der Waals surface area contributed by atoms with Gasteiger partial charge in [-0.05, 0) is 49.7 Å². The molecule has 0 saturated heterocycles. The minimum atomic E-state index is 0.345. The Morgan fingerprint density at radius 2 is 2.05 bits per heavy atom. The van der Waals surface area contributed by atoms with Crippen LogP contribution < -0.4 is 10.1 Å². The second-order valence-corrected chi connectivity index (χ2v) is 6.63. The van der Waals surface area contributed by atoms with Gasteiger partial charge in [-0.25, -0.2) is 0 Å². The fraction of sp³-hybridized carbons (Fsp3) is 0.647. The van der Waals surface area contributed by atoms with Crippen molar-refractivity contribution in [2.75, 3.05) is 13.7 Å². The fourth-order valence-corrected chi connectivity index (χ4v) is 2.37. The summed E-state index contributed by atoms with van der Waals surface area (Å²) < 4.78 is 5.46. The molecule has 2 nitrogen and oxygen atoms in total. The van der Waals surface area contributed by atoms with Crippen molar-refractivity contribution >= 4 is 0 Å². The Balaban J connectivity index is 1.90. The van der Waals surface area contributed by atoms with Crippen molar-refractivity contribution in [3.8, 4) is 5.75 Å². The topological polar surface area (TPSA) is 21.3 Å². The maximum absolute atomic E-state index is 5.46. The maximum Gasteiger partial charge on any atom is 0.122 e. The number of benzene rings is 1. The van der Waals surface area contributed by atoms with Crippen molar-refractivity contribution in [3.63, 3.8) is 0 Å². The fourth-order valence-electron chi connectivity index (χ4n) is 2.37. The van der Waals surface area contributed by atoms with E-state index in [1.54, 1.807) is 7.11 Å². The van der Waals surface area contributed by atoms with Gasteiger partial charge in [0.2, 0.25) is 0 Å². The van der Waals surface area contributed by atoms with Gasteiger partial charge in [0.15, 0.2) is 0 Å². The SMILES string of the molecule is COc1ccc(C)cc1CCC(C)(C)CNC1CC1. The lowest BCUT2D eigenvalue weighted by molar-refractivity contribution is 0.311. The molecule has 2 rings (SSSR count). The van der Waals surface area contributed by atoms with E-state index in [1.165, 1.54) is 30.4 Å². The maximum atomic E-state index is 5.46. The first-order valence-electron chi connectivity index (χ1n) is 7.37. The molecule has 0 amide bonds. The van der Waals surface area contributed by atoms with Crippen LogP contribution in [0.1, 0.15) is 44.2 Å². The van der Waals surface area contributed by atoms with E-state index in [-0.39, 0.29) is 0 Å². The Labute approximate surface area is 117 Å². The summed E-state index contributed by atoms with van der Waals surface area (Å²) in [6, 6.07) is 7.25. The second kappa shape index (κ2) is 5.96. The summed E-state index contributed by atoms with van der Waals surface area (Å²) in [7, 11) is 1.76. The highest BCUT2D eigenvalue weighted by Crippen LogP contribution is 2.28. The van der Waals surface area contributed by atoms with Gasteiger partial charge in [0, 0.05) is 12.6 Å². The summed E-state index contributed by atoms with van der Waals surface area (Å²) in [6.07, 6.45) is 5.00. The molecule has 0 atom stereocenters. The molecule has 0 bridgehead atoms. The van der Waals surface area contributed by atoms with Crippen LogP contribution in [0.5, 0.6) is 5.75 Å². The highest BCUT2D eigenvalue weighted by Gasteiger charge is 2.25. The molecule has 1 saturated carbocycles. The molecule has 1 fully saturated rings. The Hall–Kier alpha value is -1.02. The molecule has 1 aliphatic rings. The van der Waals surface area contributed by atoms with Crippen LogP contribution in [0.25, 0.3) is 0 Å². The Kier molecular flexibility index (Phi) is 4.51. The molecule has 2 heteroatoms. The third kappa shape index (κ3) is 4.54. The van der Waals surface area contributed by atoms with Crippen LogP contribution >= 0.6 is 0 Å². The number of hydrogen-bond donors (Lipinski definition) is 1. The van der Waals surface area contributed by atoms with Crippen molar-refractivity contribution in [1.82, 2.24) is 5.32 Å². The molecule has 1 aromatic carbocycles. The van der Waals surface area contributed by atoms with Crippen LogP contribution in [0.4, 0.5) is 0 Å². The molecule has 0 spiro atoms. The predicted octanol–water partition coefficient (Wildman–Crippen LogP) is 3.71. The molecule has 19 heavy (non-hydrogen) atoms. The molecule has 0 aliphatic heterocycles. The van der Waals surface area contributed by atoms with Gasteiger partial charge < -0.3 is 10.1 Å². The lowest BCUT2D eigenvalue weighted by Gasteiger charge is -2.25. The zero-order valence-electron chi connectivity index (χ0n) is 12.8. The number of ether oxygens (including phenoxy) is 1. The number of aryl methyl sites for hydroxylation is 2. The van der Waals surface area contributed by atoms with Gasteiger partial charge in [0.05, 0.1) is 7.11 Å². The average Bonchev–Trinajstić information content (AvgIpc) is 3.18. The molecule has 106 valence electrons. The zero-order chi connectivity index (χ0) is 13.9. The second-order valence-electron chi connectivity index (χ2n) is 6.63. The highest BCUT2D eigenvalue weighted by molar-refractivity contribution is 5.37. The third-order valence-electron chi connectivity index (χ3n) is 3.95. The number of rotatable bonds is 7. The molecule has 0 unspecified atom stereocenters. The lowest BCUT2D eigenvalue weighted by Crippen LogP contribution is -2.31. The van der Waals surface area contributed by atoms with Crippen molar-refractivity contribution in [1.29, 1.82) is 0 Å². The lowest BCUT2D eigenvalue weighted by atomic mass is 9.85. The van der Waals surface area contributed by atoms with Crippen molar-refractivity contribution in [3.05, 3.63) is 29.3 Å². The van der Waals surface area contributed by atoms with Crippen molar-refractivity contribution in [2.45, 2.75) is 52.5 Å². The Morgan fingerprint density at radius 3 is 2.68 bits per heavy atom. The van der Waals surface area contributed by atoms with Crippen molar-refractivity contribution < 1.29 is 4.74 Å². The molecule has 0 radical (unpaired) electrons.